The fraction of sp³-hybridized carbons (Fsp3) is 0.926. The molecular formula is C27H42ClF3N6O3. The number of piperidine rings is 1. The van der Waals surface area contributed by atoms with E-state index in [1.54, 1.807) is 0 Å². The number of hydrogen-bond donors (Lipinski definition) is 3. The number of carbonyl (C=O) groups excluding carboxylic acids is 2. The maximum atomic E-state index is 14.5. The van der Waals surface area contributed by atoms with Gasteiger partial charge in [-0.25, -0.2) is 10.4 Å². The molecule has 6 fully saturated rings. The number of hydrazine groups is 1. The third kappa shape index (κ3) is 5.37. The predicted octanol–water partition coefficient (Wildman–Crippen LogP) is 1.85. The monoisotopic (exact) mass is 590 g/mol. The summed E-state index contributed by atoms with van der Waals surface area (Å²) in [6.07, 6.45) is 2.01. The number of aliphatic hydroxyl groups is 1. The normalized spacial score (nSPS) is 39.0. The highest BCUT2D eigenvalue weighted by atomic mass is 35.5. The van der Waals surface area contributed by atoms with E-state index < -0.39 is 41.5 Å². The molecule has 40 heavy (non-hydrogen) atoms. The Balaban J connectivity index is 1.07. The molecule has 4 heterocycles. The van der Waals surface area contributed by atoms with Gasteiger partial charge in [-0.3, -0.25) is 19.8 Å². The summed E-state index contributed by atoms with van der Waals surface area (Å²) < 4.78 is 43.4. The third-order valence-electron chi connectivity index (χ3n) is 10.5. The minimum Gasteiger partial charge on any atom is -0.380 e. The van der Waals surface area contributed by atoms with Crippen LogP contribution in [-0.2, 0) is 9.59 Å². The van der Waals surface area contributed by atoms with Crippen LogP contribution >= 0.6 is 11.6 Å². The van der Waals surface area contributed by atoms with E-state index in [2.05, 4.69) is 20.7 Å². The number of hydrogen-bond acceptors (Lipinski definition) is 7. The summed E-state index contributed by atoms with van der Waals surface area (Å²) in [4.78, 5) is 30.6. The predicted molar refractivity (Wildman–Crippen MR) is 142 cm³/mol. The molecular weight excluding hydrogens is 549 g/mol. The molecule has 0 aromatic heterocycles. The second kappa shape index (κ2) is 10.8. The SMILES string of the molecule is CN(C(=O)[C@H]1CCN(C(=O)C2(O)CC2)C1)[C@@H](C1CCC(N2CCCC3C2CNC2CC(Cl)NN23)CC1)C(F)(F)F. The van der Waals surface area contributed by atoms with Crippen molar-refractivity contribution in [2.45, 2.75) is 112 Å². The van der Waals surface area contributed by atoms with Gasteiger partial charge in [0, 0.05) is 51.2 Å². The quantitative estimate of drug-likeness (QED) is 0.333. The van der Waals surface area contributed by atoms with Crippen molar-refractivity contribution in [2.75, 3.05) is 33.2 Å². The van der Waals surface area contributed by atoms with Gasteiger partial charge in [-0.1, -0.05) is 0 Å². The summed E-state index contributed by atoms with van der Waals surface area (Å²) in [5.41, 5.74) is 1.98. The van der Waals surface area contributed by atoms with E-state index >= 15 is 0 Å². The first kappa shape index (κ1) is 28.9. The van der Waals surface area contributed by atoms with Crippen molar-refractivity contribution in [3.63, 3.8) is 0 Å². The summed E-state index contributed by atoms with van der Waals surface area (Å²) >= 11 is 6.36. The largest absolute Gasteiger partial charge is 0.409 e. The van der Waals surface area contributed by atoms with Crippen molar-refractivity contribution in [1.29, 1.82) is 0 Å². The van der Waals surface area contributed by atoms with E-state index in [1.807, 2.05) is 0 Å². The molecule has 4 saturated heterocycles. The Labute approximate surface area is 238 Å². The maximum absolute atomic E-state index is 14.5. The van der Waals surface area contributed by atoms with E-state index in [0.29, 0.717) is 63.6 Å². The van der Waals surface area contributed by atoms with Crippen LogP contribution < -0.4 is 10.7 Å². The van der Waals surface area contributed by atoms with E-state index in [4.69, 9.17) is 11.6 Å². The molecule has 6 aliphatic rings. The topological polar surface area (TPSA) is 91.4 Å². The molecule has 4 unspecified atom stereocenters. The second-order valence-corrected chi connectivity index (χ2v) is 13.5. The zero-order valence-electron chi connectivity index (χ0n) is 23.1. The highest BCUT2D eigenvalue weighted by Gasteiger charge is 2.54. The molecule has 6 atom stereocenters. The molecule has 13 heteroatoms. The summed E-state index contributed by atoms with van der Waals surface area (Å²) in [7, 11) is 1.28. The van der Waals surface area contributed by atoms with Gasteiger partial charge in [-0.05, 0) is 70.3 Å². The summed E-state index contributed by atoms with van der Waals surface area (Å²) in [6, 6.07) is -0.967. The molecule has 2 aliphatic carbocycles. The molecule has 0 aromatic rings. The Hall–Kier alpha value is -1.18. The van der Waals surface area contributed by atoms with E-state index in [9.17, 15) is 27.9 Å². The van der Waals surface area contributed by atoms with Crippen LogP contribution in [0.15, 0.2) is 0 Å². The minimum atomic E-state index is -4.53. The summed E-state index contributed by atoms with van der Waals surface area (Å²) in [5, 5.41) is 16.0. The smallest absolute Gasteiger partial charge is 0.380 e. The highest BCUT2D eigenvalue weighted by molar-refractivity contribution is 6.20. The number of carbonyl (C=O) groups is 2. The van der Waals surface area contributed by atoms with Crippen molar-refractivity contribution in [3.05, 3.63) is 0 Å². The molecule has 226 valence electrons. The average molecular weight is 591 g/mol. The van der Waals surface area contributed by atoms with E-state index in [1.165, 1.54) is 11.9 Å². The lowest BCUT2D eigenvalue weighted by Gasteiger charge is -2.53. The highest BCUT2D eigenvalue weighted by Crippen LogP contribution is 2.42. The first-order valence-corrected chi connectivity index (χ1v) is 15.4. The number of nitrogens with one attached hydrogen (secondary N) is 2. The minimum absolute atomic E-state index is 0.0738. The Morgan fingerprint density at radius 2 is 1.80 bits per heavy atom. The molecule has 9 nitrogen and oxygen atoms in total. The fourth-order valence-corrected chi connectivity index (χ4v) is 8.50. The van der Waals surface area contributed by atoms with Gasteiger partial charge in [0.2, 0.25) is 5.91 Å². The van der Waals surface area contributed by atoms with Gasteiger partial charge in [0.05, 0.1) is 17.6 Å². The molecule has 2 amide bonds. The van der Waals surface area contributed by atoms with Crippen molar-refractivity contribution in [2.24, 2.45) is 11.8 Å². The summed E-state index contributed by atoms with van der Waals surface area (Å²) in [5.74, 6) is -2.27. The van der Waals surface area contributed by atoms with Gasteiger partial charge < -0.3 is 14.9 Å². The van der Waals surface area contributed by atoms with Crippen LogP contribution in [0.4, 0.5) is 13.2 Å². The van der Waals surface area contributed by atoms with E-state index in [-0.39, 0.29) is 24.3 Å². The first-order chi connectivity index (χ1) is 19.0. The summed E-state index contributed by atoms with van der Waals surface area (Å²) in [6.45, 7) is 2.18. The van der Waals surface area contributed by atoms with Crippen molar-refractivity contribution in [3.8, 4) is 0 Å². The number of alkyl halides is 4. The molecule has 6 rings (SSSR count). The number of amides is 2. The van der Waals surface area contributed by atoms with Crippen molar-refractivity contribution in [1.82, 2.24) is 30.5 Å². The van der Waals surface area contributed by atoms with Gasteiger partial charge in [-0.2, -0.15) is 13.2 Å². The number of nitrogens with zero attached hydrogens (tertiary/aromatic N) is 4. The van der Waals surface area contributed by atoms with Crippen LogP contribution in [0.2, 0.25) is 0 Å². The van der Waals surface area contributed by atoms with Crippen LogP contribution in [0.5, 0.6) is 0 Å². The van der Waals surface area contributed by atoms with Crippen molar-refractivity contribution < 1.29 is 27.9 Å². The van der Waals surface area contributed by atoms with Gasteiger partial charge in [0.25, 0.3) is 5.91 Å². The van der Waals surface area contributed by atoms with Gasteiger partial charge in [0.1, 0.15) is 11.6 Å². The Kier molecular flexibility index (Phi) is 7.83. The first-order valence-electron chi connectivity index (χ1n) is 15.0. The number of fused-ring (bicyclic) bond motifs is 3. The molecule has 0 aromatic carbocycles. The molecule has 2 saturated carbocycles. The zero-order chi connectivity index (χ0) is 28.4. The number of likely N-dealkylation sites (tertiary alicyclic amines) is 2. The van der Waals surface area contributed by atoms with Gasteiger partial charge >= 0.3 is 6.18 Å². The molecule has 4 aliphatic heterocycles. The molecule has 0 bridgehead atoms. The Morgan fingerprint density at radius 1 is 1.07 bits per heavy atom. The van der Waals surface area contributed by atoms with Crippen LogP contribution in [0.3, 0.4) is 0 Å². The number of rotatable bonds is 5. The zero-order valence-corrected chi connectivity index (χ0v) is 23.8. The Morgan fingerprint density at radius 3 is 2.48 bits per heavy atom. The van der Waals surface area contributed by atoms with Crippen LogP contribution in [0, 0.1) is 11.8 Å². The van der Waals surface area contributed by atoms with Gasteiger partial charge in [0.15, 0.2) is 0 Å². The standard InChI is InChI=1S/C27H42ClF3N6O3/c1-34(24(38)17-8-12-35(15-17)25(39)26(40)9-10-26)23(27(29,30)31)16-4-6-18(7-5-16)36-11-2-3-19-20(36)14-32-22-13-21(28)33-37(19)22/h16-23,32-33,40H,2-15H2,1H3/t16?,17-,18?,19?,20?,21?,22?,23-/m0/s1. The molecule has 0 radical (unpaired) electrons. The Bertz CT molecular complexity index is 978. The van der Waals surface area contributed by atoms with Crippen LogP contribution in [-0.4, -0.2) is 117 Å². The second-order valence-electron chi connectivity index (χ2n) is 13.0. The van der Waals surface area contributed by atoms with E-state index in [0.717, 1.165) is 37.3 Å². The van der Waals surface area contributed by atoms with Crippen LogP contribution in [0.1, 0.15) is 64.2 Å². The van der Waals surface area contributed by atoms with Crippen molar-refractivity contribution >= 4 is 23.4 Å². The van der Waals surface area contributed by atoms with Gasteiger partial charge in [-0.15, -0.1) is 11.6 Å². The molecule has 0 spiro atoms. The molecule has 3 N–H and O–H groups in total. The lowest BCUT2D eigenvalue weighted by Crippen LogP contribution is -2.70. The fourth-order valence-electron chi connectivity index (χ4n) is 8.22. The maximum Gasteiger partial charge on any atom is 0.409 e. The van der Waals surface area contributed by atoms with Crippen LogP contribution in [0.25, 0.3) is 0 Å². The number of halogens is 4. The lowest BCUT2D eigenvalue weighted by molar-refractivity contribution is -0.203. The lowest BCUT2D eigenvalue weighted by atomic mass is 9.78. The average Bonchev–Trinajstić information content (AvgIpc) is 3.31. The third-order valence-corrected chi connectivity index (χ3v) is 10.7.